The number of hydrogen-bond acceptors (Lipinski definition) is 5. The van der Waals surface area contributed by atoms with Crippen LogP contribution in [0.4, 0.5) is 10.3 Å². The van der Waals surface area contributed by atoms with Gasteiger partial charge in [-0.3, -0.25) is 0 Å². The van der Waals surface area contributed by atoms with E-state index in [2.05, 4.69) is 46.6 Å². The molecule has 1 N–H and O–H groups in total. The van der Waals surface area contributed by atoms with Gasteiger partial charge in [0.1, 0.15) is 35.8 Å². The Hall–Kier alpha value is -4.13. The van der Waals surface area contributed by atoms with Gasteiger partial charge in [0.15, 0.2) is 0 Å². The molecule has 6 nitrogen and oxygen atoms in total. The summed E-state index contributed by atoms with van der Waals surface area (Å²) in [6.45, 7) is 2.06. The Morgan fingerprint density at radius 2 is 1.76 bits per heavy atom. The molecule has 2 aliphatic rings. The standard InChI is InChI=1S/C26H21FN4O2/c1-15-3-5-16(6-4-15)24-22-23(30-26-28-14-29-31(24)26)20-13-19(32-2)11-12-21(20)33-25(22)17-7-9-18(27)10-8-17/h3-14,24-25H,1-2H3,(H,28,29,30). The number of aryl methyl sites for hydroxylation is 1. The Kier molecular flexibility index (Phi) is 4.43. The van der Waals surface area contributed by atoms with E-state index in [0.717, 1.165) is 33.7 Å². The molecule has 6 rings (SSSR count). The van der Waals surface area contributed by atoms with Gasteiger partial charge in [0.25, 0.3) is 0 Å². The van der Waals surface area contributed by atoms with Gasteiger partial charge in [0, 0.05) is 11.1 Å². The van der Waals surface area contributed by atoms with Crippen LogP contribution in [-0.2, 0) is 0 Å². The molecule has 2 aliphatic heterocycles. The third kappa shape index (κ3) is 3.16. The average Bonchev–Trinajstić information content (AvgIpc) is 3.31. The van der Waals surface area contributed by atoms with Gasteiger partial charge in [-0.2, -0.15) is 10.1 Å². The number of methoxy groups -OCH3 is 1. The number of benzene rings is 3. The average molecular weight is 440 g/mol. The van der Waals surface area contributed by atoms with Crippen molar-refractivity contribution in [3.05, 3.63) is 107 Å². The van der Waals surface area contributed by atoms with E-state index in [1.54, 1.807) is 25.6 Å². The molecular formula is C26H21FN4O2. The number of halogens is 1. The fourth-order valence-electron chi connectivity index (χ4n) is 4.56. The summed E-state index contributed by atoms with van der Waals surface area (Å²) >= 11 is 0. The molecule has 2 atom stereocenters. The van der Waals surface area contributed by atoms with Crippen LogP contribution in [0, 0.1) is 12.7 Å². The summed E-state index contributed by atoms with van der Waals surface area (Å²) in [5.41, 5.74) is 5.84. The lowest BCUT2D eigenvalue weighted by atomic mass is 9.84. The third-order valence-electron chi connectivity index (χ3n) is 6.19. The Morgan fingerprint density at radius 1 is 1.00 bits per heavy atom. The van der Waals surface area contributed by atoms with E-state index in [9.17, 15) is 4.39 Å². The Labute approximate surface area is 190 Å². The van der Waals surface area contributed by atoms with Crippen molar-refractivity contribution in [1.29, 1.82) is 0 Å². The molecule has 0 radical (unpaired) electrons. The summed E-state index contributed by atoms with van der Waals surface area (Å²) < 4.78 is 27.7. The number of fused-ring (bicyclic) bond motifs is 3. The van der Waals surface area contributed by atoms with Crippen molar-refractivity contribution in [2.45, 2.75) is 19.1 Å². The Bertz CT molecular complexity index is 1380. The van der Waals surface area contributed by atoms with Crippen molar-refractivity contribution in [3.8, 4) is 11.5 Å². The molecule has 0 bridgehead atoms. The van der Waals surface area contributed by atoms with Crippen LogP contribution in [0.2, 0.25) is 0 Å². The first-order chi connectivity index (χ1) is 16.1. The van der Waals surface area contributed by atoms with Crippen molar-refractivity contribution >= 4 is 11.6 Å². The lowest BCUT2D eigenvalue weighted by Gasteiger charge is -2.39. The second kappa shape index (κ2) is 7.48. The number of aromatic nitrogens is 3. The zero-order valence-electron chi connectivity index (χ0n) is 18.1. The number of nitrogens with zero attached hydrogens (tertiary/aromatic N) is 3. The molecule has 2 unspecified atom stereocenters. The van der Waals surface area contributed by atoms with Crippen LogP contribution in [0.25, 0.3) is 5.70 Å². The maximum atomic E-state index is 13.7. The molecule has 0 saturated carbocycles. The molecule has 4 aromatic rings. The van der Waals surface area contributed by atoms with Crippen molar-refractivity contribution < 1.29 is 13.9 Å². The number of nitrogens with one attached hydrogen (secondary N) is 1. The van der Waals surface area contributed by atoms with Crippen LogP contribution < -0.4 is 14.8 Å². The fraction of sp³-hybridized carbons (Fsp3) is 0.154. The van der Waals surface area contributed by atoms with Crippen molar-refractivity contribution in [1.82, 2.24) is 14.8 Å². The van der Waals surface area contributed by atoms with Gasteiger partial charge in [-0.25, -0.2) is 9.07 Å². The molecule has 0 amide bonds. The van der Waals surface area contributed by atoms with Gasteiger partial charge in [-0.05, 0) is 48.4 Å². The number of hydrogen-bond donors (Lipinski definition) is 1. The summed E-state index contributed by atoms with van der Waals surface area (Å²) in [5.74, 6) is 1.80. The van der Waals surface area contributed by atoms with Crippen molar-refractivity contribution in [3.63, 3.8) is 0 Å². The second-order valence-electron chi connectivity index (χ2n) is 8.21. The maximum Gasteiger partial charge on any atom is 0.226 e. The first-order valence-corrected chi connectivity index (χ1v) is 10.7. The first-order valence-electron chi connectivity index (χ1n) is 10.7. The molecule has 3 aromatic carbocycles. The Balaban J connectivity index is 1.62. The van der Waals surface area contributed by atoms with Gasteiger partial charge in [-0.1, -0.05) is 42.0 Å². The lowest BCUT2D eigenvalue weighted by Crippen LogP contribution is -2.32. The van der Waals surface area contributed by atoms with Gasteiger partial charge in [0.05, 0.1) is 12.8 Å². The molecule has 1 aromatic heterocycles. The Morgan fingerprint density at radius 3 is 2.52 bits per heavy atom. The van der Waals surface area contributed by atoms with E-state index in [-0.39, 0.29) is 11.9 Å². The van der Waals surface area contributed by atoms with E-state index in [4.69, 9.17) is 9.47 Å². The van der Waals surface area contributed by atoms with Crippen LogP contribution in [0.1, 0.15) is 34.4 Å². The highest BCUT2D eigenvalue weighted by atomic mass is 19.1. The summed E-state index contributed by atoms with van der Waals surface area (Å²) in [5, 5.41) is 8.00. The lowest BCUT2D eigenvalue weighted by molar-refractivity contribution is 0.222. The minimum absolute atomic E-state index is 0.256. The van der Waals surface area contributed by atoms with Gasteiger partial charge < -0.3 is 14.8 Å². The first kappa shape index (κ1) is 19.5. The second-order valence-corrected chi connectivity index (χ2v) is 8.21. The monoisotopic (exact) mass is 440 g/mol. The topological polar surface area (TPSA) is 61.2 Å². The predicted molar refractivity (Wildman–Crippen MR) is 123 cm³/mol. The zero-order valence-corrected chi connectivity index (χ0v) is 18.1. The molecule has 164 valence electrons. The van der Waals surface area contributed by atoms with Crippen molar-refractivity contribution in [2.75, 3.05) is 12.4 Å². The van der Waals surface area contributed by atoms with Gasteiger partial charge >= 0.3 is 0 Å². The summed E-state index contributed by atoms with van der Waals surface area (Å²) in [7, 11) is 1.64. The molecule has 0 saturated heterocycles. The molecular weight excluding hydrogens is 419 g/mol. The molecule has 7 heteroatoms. The minimum atomic E-state index is -0.447. The highest BCUT2D eigenvalue weighted by Gasteiger charge is 2.41. The highest BCUT2D eigenvalue weighted by Crippen LogP contribution is 2.51. The predicted octanol–water partition coefficient (Wildman–Crippen LogP) is 5.29. The normalized spacial score (nSPS) is 18.5. The quantitative estimate of drug-likeness (QED) is 0.469. The number of ether oxygens (including phenoxy) is 2. The van der Waals surface area contributed by atoms with E-state index in [1.807, 2.05) is 22.9 Å². The minimum Gasteiger partial charge on any atom is -0.497 e. The van der Waals surface area contributed by atoms with Crippen molar-refractivity contribution in [2.24, 2.45) is 0 Å². The van der Waals surface area contributed by atoms with E-state index in [1.165, 1.54) is 17.7 Å². The SMILES string of the molecule is COc1ccc2c(c1)C1=C(C(c3ccc(F)cc3)O2)C(c2ccc(C)cc2)n2ncnc2N1. The molecule has 3 heterocycles. The number of rotatable bonds is 3. The highest BCUT2D eigenvalue weighted by molar-refractivity contribution is 5.85. The summed E-state index contributed by atoms with van der Waals surface area (Å²) in [6, 6.07) is 20.3. The number of anilines is 1. The van der Waals surface area contributed by atoms with Crippen LogP contribution in [0.3, 0.4) is 0 Å². The third-order valence-corrected chi connectivity index (χ3v) is 6.19. The molecule has 0 fully saturated rings. The van der Waals surface area contributed by atoms with Crippen LogP contribution in [0.15, 0.2) is 78.6 Å². The largest absolute Gasteiger partial charge is 0.497 e. The zero-order chi connectivity index (χ0) is 22.5. The van der Waals surface area contributed by atoms with Crippen LogP contribution in [-0.4, -0.2) is 21.9 Å². The smallest absolute Gasteiger partial charge is 0.226 e. The van der Waals surface area contributed by atoms with E-state index >= 15 is 0 Å². The summed E-state index contributed by atoms with van der Waals surface area (Å²) in [4.78, 5) is 4.45. The maximum absolute atomic E-state index is 13.7. The van der Waals surface area contributed by atoms with Crippen LogP contribution >= 0.6 is 0 Å². The molecule has 0 spiro atoms. The van der Waals surface area contributed by atoms with Gasteiger partial charge in [0.2, 0.25) is 5.95 Å². The fourth-order valence-corrected chi connectivity index (χ4v) is 4.56. The summed E-state index contributed by atoms with van der Waals surface area (Å²) in [6.07, 6.45) is 1.10. The van der Waals surface area contributed by atoms with Crippen LogP contribution in [0.5, 0.6) is 11.5 Å². The van der Waals surface area contributed by atoms with E-state index in [0.29, 0.717) is 11.7 Å². The van der Waals surface area contributed by atoms with Gasteiger partial charge in [-0.15, -0.1) is 0 Å². The van der Waals surface area contributed by atoms with E-state index < -0.39 is 6.10 Å². The molecule has 0 aliphatic carbocycles. The molecule has 33 heavy (non-hydrogen) atoms.